The van der Waals surface area contributed by atoms with Gasteiger partial charge in [0, 0.05) is 19.5 Å². The van der Waals surface area contributed by atoms with E-state index in [9.17, 15) is 18.8 Å². The van der Waals surface area contributed by atoms with Crippen molar-refractivity contribution < 1.29 is 23.9 Å². The number of likely N-dealkylation sites (N-methyl/N-ethyl adjacent to an activating group) is 1. The van der Waals surface area contributed by atoms with Gasteiger partial charge in [0.25, 0.3) is 5.91 Å². The molecule has 1 rings (SSSR count). The number of nitrogens with zero attached hydrogens (tertiary/aromatic N) is 1. The molecule has 0 fully saturated rings. The molecule has 2 N–H and O–H groups in total. The van der Waals surface area contributed by atoms with Gasteiger partial charge < -0.3 is 15.3 Å². The number of hydrogen-bond donors (Lipinski definition) is 2. The second kappa shape index (κ2) is 6.14. The molecule has 0 aliphatic rings. The minimum Gasteiger partial charge on any atom is -0.480 e. The molecule has 1 aromatic rings. The lowest BCUT2D eigenvalue weighted by Crippen LogP contribution is -2.40. The summed E-state index contributed by atoms with van der Waals surface area (Å²) in [6.45, 7) is 2.57. The largest absolute Gasteiger partial charge is 0.480 e. The molecule has 1 aromatic carbocycles. The van der Waals surface area contributed by atoms with Gasteiger partial charge in [-0.3, -0.25) is 9.59 Å². The number of carboxylic acids is 1. The lowest BCUT2D eigenvalue weighted by atomic mass is 10.1. The molecule has 108 valence electrons. The van der Waals surface area contributed by atoms with E-state index in [0.29, 0.717) is 0 Å². The summed E-state index contributed by atoms with van der Waals surface area (Å²) in [4.78, 5) is 34.8. The maximum atomic E-state index is 13.4. The lowest BCUT2D eigenvalue weighted by molar-refractivity contribution is -0.141. The molecule has 1 unspecified atom stereocenters. The fraction of sp³-hybridized carbons (Fsp3) is 0.308. The monoisotopic (exact) mass is 282 g/mol. The van der Waals surface area contributed by atoms with Crippen LogP contribution in [0.3, 0.4) is 0 Å². The fourth-order valence-electron chi connectivity index (χ4n) is 1.49. The van der Waals surface area contributed by atoms with Crippen molar-refractivity contribution in [3.8, 4) is 0 Å². The summed E-state index contributed by atoms with van der Waals surface area (Å²) >= 11 is 0. The molecule has 6 nitrogen and oxygen atoms in total. The molecule has 0 aliphatic carbocycles. The van der Waals surface area contributed by atoms with Gasteiger partial charge in [-0.1, -0.05) is 0 Å². The van der Waals surface area contributed by atoms with E-state index in [4.69, 9.17) is 5.11 Å². The molecule has 0 saturated carbocycles. The zero-order valence-electron chi connectivity index (χ0n) is 11.3. The number of hydrogen-bond acceptors (Lipinski definition) is 3. The van der Waals surface area contributed by atoms with Crippen molar-refractivity contribution in [2.24, 2.45) is 0 Å². The number of carbonyl (C=O) groups is 3. The average molecular weight is 282 g/mol. The first-order valence-corrected chi connectivity index (χ1v) is 5.81. The molecule has 0 heterocycles. The zero-order chi connectivity index (χ0) is 15.4. The minimum atomic E-state index is -1.15. The summed E-state index contributed by atoms with van der Waals surface area (Å²) < 4.78 is 13.4. The molecule has 0 bridgehead atoms. The Morgan fingerprint density at radius 2 is 1.95 bits per heavy atom. The Morgan fingerprint density at radius 3 is 2.45 bits per heavy atom. The highest BCUT2D eigenvalue weighted by molar-refractivity contribution is 5.98. The zero-order valence-corrected chi connectivity index (χ0v) is 11.3. The molecule has 0 aromatic heterocycles. The highest BCUT2D eigenvalue weighted by Crippen LogP contribution is 2.18. The van der Waals surface area contributed by atoms with Crippen LogP contribution in [-0.2, 0) is 9.59 Å². The van der Waals surface area contributed by atoms with E-state index in [2.05, 4.69) is 5.32 Å². The lowest BCUT2D eigenvalue weighted by Gasteiger charge is -2.21. The topological polar surface area (TPSA) is 86.7 Å². The highest BCUT2D eigenvalue weighted by atomic mass is 19.1. The van der Waals surface area contributed by atoms with Gasteiger partial charge >= 0.3 is 5.97 Å². The van der Waals surface area contributed by atoms with Crippen LogP contribution in [-0.4, -0.2) is 40.9 Å². The molecular weight excluding hydrogens is 267 g/mol. The van der Waals surface area contributed by atoms with Crippen LogP contribution in [0.5, 0.6) is 0 Å². The van der Waals surface area contributed by atoms with Crippen LogP contribution in [0.4, 0.5) is 10.1 Å². The molecule has 1 atom stereocenters. The Hall–Kier alpha value is -2.44. The van der Waals surface area contributed by atoms with Gasteiger partial charge in [0.2, 0.25) is 5.91 Å². The van der Waals surface area contributed by atoms with E-state index < -0.39 is 29.6 Å². The number of carboxylic acid groups (broad SMARTS) is 1. The molecule has 2 amide bonds. The molecular formula is C13H15FN2O4. The third-order valence-electron chi connectivity index (χ3n) is 2.78. The Balaban J connectivity index is 3.05. The van der Waals surface area contributed by atoms with E-state index >= 15 is 0 Å². The predicted octanol–water partition coefficient (Wildman–Crippen LogP) is 1.33. The van der Waals surface area contributed by atoms with Gasteiger partial charge in [0.15, 0.2) is 0 Å². The Bertz CT molecular complexity index is 559. The number of amides is 2. The summed E-state index contributed by atoms with van der Waals surface area (Å²) in [5, 5.41) is 11.1. The summed E-state index contributed by atoms with van der Waals surface area (Å²) in [5.41, 5.74) is -0.0366. The normalized spacial score (nSPS) is 11.6. The summed E-state index contributed by atoms with van der Waals surface area (Å²) in [6.07, 6.45) is 0. The quantitative estimate of drug-likeness (QED) is 0.872. The number of halogens is 1. The first-order valence-electron chi connectivity index (χ1n) is 5.81. The van der Waals surface area contributed by atoms with E-state index in [1.165, 1.54) is 33.0 Å². The smallest absolute Gasteiger partial charge is 0.326 e. The molecule has 0 saturated heterocycles. The number of rotatable bonds is 4. The first kappa shape index (κ1) is 15.6. The van der Waals surface area contributed by atoms with Crippen molar-refractivity contribution in [1.82, 2.24) is 4.90 Å². The minimum absolute atomic E-state index is 0.0887. The van der Waals surface area contributed by atoms with E-state index in [1.807, 2.05) is 0 Å². The standard InChI is InChI=1S/C13H15FN2O4/c1-7(13(19)20)16(3)12(18)9-4-5-10(14)11(6-9)15-8(2)17/h4-7H,1-3H3,(H,15,17)(H,19,20). The summed E-state index contributed by atoms with van der Waals surface area (Å²) in [7, 11) is 1.34. The number of benzene rings is 1. The van der Waals surface area contributed by atoms with Crippen LogP contribution in [0.15, 0.2) is 18.2 Å². The summed E-state index contributed by atoms with van der Waals surface area (Å²) in [5.74, 6) is -2.87. The van der Waals surface area contributed by atoms with Crippen molar-refractivity contribution in [3.63, 3.8) is 0 Å². The number of nitrogens with one attached hydrogen (secondary N) is 1. The molecule has 20 heavy (non-hydrogen) atoms. The van der Waals surface area contributed by atoms with Crippen LogP contribution in [0.25, 0.3) is 0 Å². The SMILES string of the molecule is CC(=O)Nc1cc(C(=O)N(C)C(C)C(=O)O)ccc1F. The third kappa shape index (κ3) is 3.53. The van der Waals surface area contributed by atoms with E-state index in [0.717, 1.165) is 11.0 Å². The molecule has 0 spiro atoms. The van der Waals surface area contributed by atoms with Crippen LogP contribution in [0.2, 0.25) is 0 Å². The third-order valence-corrected chi connectivity index (χ3v) is 2.78. The Morgan fingerprint density at radius 1 is 1.35 bits per heavy atom. The summed E-state index contributed by atoms with van der Waals surface area (Å²) in [6, 6.07) is 2.42. The molecule has 0 aliphatic heterocycles. The molecule has 0 radical (unpaired) electrons. The number of carbonyl (C=O) groups excluding carboxylic acids is 2. The van der Waals surface area contributed by atoms with Crippen LogP contribution >= 0.6 is 0 Å². The maximum absolute atomic E-state index is 13.4. The maximum Gasteiger partial charge on any atom is 0.326 e. The van der Waals surface area contributed by atoms with Gasteiger partial charge in [0.05, 0.1) is 5.69 Å². The first-order chi connectivity index (χ1) is 9.23. The van der Waals surface area contributed by atoms with Crippen LogP contribution in [0, 0.1) is 5.82 Å². The predicted molar refractivity (Wildman–Crippen MR) is 69.9 cm³/mol. The fourth-order valence-corrected chi connectivity index (χ4v) is 1.49. The van der Waals surface area contributed by atoms with E-state index in [-0.39, 0.29) is 11.3 Å². The molecule has 7 heteroatoms. The average Bonchev–Trinajstić information content (AvgIpc) is 2.38. The Labute approximate surface area is 115 Å². The number of aliphatic carboxylic acids is 1. The Kier molecular flexibility index (Phi) is 4.79. The van der Waals surface area contributed by atoms with Crippen LogP contribution < -0.4 is 5.32 Å². The van der Waals surface area contributed by atoms with Gasteiger partial charge in [-0.15, -0.1) is 0 Å². The van der Waals surface area contributed by atoms with Gasteiger partial charge in [-0.25, -0.2) is 9.18 Å². The van der Waals surface area contributed by atoms with Gasteiger partial charge in [0.1, 0.15) is 11.9 Å². The van der Waals surface area contributed by atoms with Crippen molar-refractivity contribution in [1.29, 1.82) is 0 Å². The highest BCUT2D eigenvalue weighted by Gasteiger charge is 2.23. The van der Waals surface area contributed by atoms with Crippen molar-refractivity contribution in [2.75, 3.05) is 12.4 Å². The second-order valence-corrected chi connectivity index (χ2v) is 4.31. The van der Waals surface area contributed by atoms with Crippen molar-refractivity contribution in [3.05, 3.63) is 29.6 Å². The number of anilines is 1. The van der Waals surface area contributed by atoms with Crippen LogP contribution in [0.1, 0.15) is 24.2 Å². The van der Waals surface area contributed by atoms with Crippen molar-refractivity contribution >= 4 is 23.5 Å². The van der Waals surface area contributed by atoms with E-state index in [1.54, 1.807) is 0 Å². The van der Waals surface area contributed by atoms with Gasteiger partial charge in [-0.2, -0.15) is 0 Å². The second-order valence-electron chi connectivity index (χ2n) is 4.31. The van der Waals surface area contributed by atoms with Crippen molar-refractivity contribution in [2.45, 2.75) is 19.9 Å². The van der Waals surface area contributed by atoms with Gasteiger partial charge in [-0.05, 0) is 25.1 Å².